The fraction of sp³-hybridized carbons (Fsp3) is 0.250. The maximum absolute atomic E-state index is 12.8. The number of hydrogen-bond donors (Lipinski definition) is 2. The van der Waals surface area contributed by atoms with E-state index in [-0.39, 0.29) is 5.91 Å². The highest BCUT2D eigenvalue weighted by molar-refractivity contribution is 7.09. The molecule has 2 aromatic heterocycles. The van der Waals surface area contributed by atoms with E-state index in [4.69, 9.17) is 0 Å². The molecule has 7 heteroatoms. The average molecular weight is 327 g/mol. The van der Waals surface area contributed by atoms with E-state index < -0.39 is 5.92 Å². The van der Waals surface area contributed by atoms with Gasteiger partial charge in [0.05, 0.1) is 0 Å². The Morgan fingerprint density at radius 1 is 1.30 bits per heavy atom. The summed E-state index contributed by atoms with van der Waals surface area (Å²) in [6.07, 6.45) is 1.41. The molecule has 0 aliphatic carbocycles. The van der Waals surface area contributed by atoms with Crippen LogP contribution in [0.2, 0.25) is 0 Å². The van der Waals surface area contributed by atoms with E-state index in [2.05, 4.69) is 32.9 Å². The number of thiophene rings is 1. The quantitative estimate of drug-likeness (QED) is 0.729. The first kappa shape index (κ1) is 15.4. The summed E-state index contributed by atoms with van der Waals surface area (Å²) in [5.41, 5.74) is 1.93. The number of H-pyrrole nitrogens is 1. The summed E-state index contributed by atoms with van der Waals surface area (Å²) in [6, 6.07) is 11.8. The van der Waals surface area contributed by atoms with Crippen LogP contribution in [0, 0.1) is 0 Å². The van der Waals surface area contributed by atoms with Gasteiger partial charge in [-0.1, -0.05) is 36.4 Å². The van der Waals surface area contributed by atoms with Crippen LogP contribution in [0.4, 0.5) is 5.69 Å². The highest BCUT2D eigenvalue weighted by Crippen LogP contribution is 2.23. The van der Waals surface area contributed by atoms with Gasteiger partial charge in [-0.25, -0.2) is 0 Å². The molecule has 0 fully saturated rings. The zero-order chi connectivity index (χ0) is 16.1. The Hall–Kier alpha value is -2.54. The van der Waals surface area contributed by atoms with Gasteiger partial charge in [0.25, 0.3) is 0 Å². The average Bonchev–Trinajstić information content (AvgIpc) is 3.26. The molecule has 23 heavy (non-hydrogen) atoms. The van der Waals surface area contributed by atoms with Crippen molar-refractivity contribution in [2.45, 2.75) is 25.7 Å². The van der Waals surface area contributed by atoms with E-state index in [1.807, 2.05) is 41.8 Å². The van der Waals surface area contributed by atoms with Crippen molar-refractivity contribution in [2.24, 2.45) is 0 Å². The molecule has 0 saturated carbocycles. The molecule has 0 saturated heterocycles. The molecule has 1 aromatic carbocycles. The molecule has 2 N–H and O–H groups in total. The highest BCUT2D eigenvalue weighted by Gasteiger charge is 2.26. The van der Waals surface area contributed by atoms with Gasteiger partial charge >= 0.3 is 0 Å². The van der Waals surface area contributed by atoms with Crippen molar-refractivity contribution in [3.8, 4) is 0 Å². The minimum Gasteiger partial charge on any atom is -0.325 e. The minimum absolute atomic E-state index is 0.124. The number of rotatable bonds is 6. The van der Waals surface area contributed by atoms with Crippen molar-refractivity contribution >= 4 is 22.9 Å². The summed E-state index contributed by atoms with van der Waals surface area (Å²) >= 11 is 1.61. The van der Waals surface area contributed by atoms with Crippen LogP contribution in [0.1, 0.15) is 29.1 Å². The molecule has 6 nitrogen and oxygen atoms in total. The zero-order valence-corrected chi connectivity index (χ0v) is 13.5. The number of tetrazole rings is 1. The minimum atomic E-state index is -0.475. The largest absolute Gasteiger partial charge is 0.325 e. The van der Waals surface area contributed by atoms with Crippen LogP contribution < -0.4 is 5.32 Å². The van der Waals surface area contributed by atoms with Crippen LogP contribution >= 0.6 is 11.3 Å². The van der Waals surface area contributed by atoms with Gasteiger partial charge in [-0.2, -0.15) is 5.21 Å². The van der Waals surface area contributed by atoms with Gasteiger partial charge in [0, 0.05) is 17.0 Å². The van der Waals surface area contributed by atoms with Gasteiger partial charge in [-0.15, -0.1) is 21.5 Å². The van der Waals surface area contributed by atoms with Crippen molar-refractivity contribution < 1.29 is 4.79 Å². The zero-order valence-electron chi connectivity index (χ0n) is 12.7. The summed E-state index contributed by atoms with van der Waals surface area (Å²) in [7, 11) is 0. The fourth-order valence-electron chi connectivity index (χ4n) is 2.42. The van der Waals surface area contributed by atoms with E-state index in [9.17, 15) is 4.79 Å². The van der Waals surface area contributed by atoms with Crippen LogP contribution in [0.15, 0.2) is 41.8 Å². The lowest BCUT2D eigenvalue weighted by molar-refractivity contribution is -0.117. The Kier molecular flexibility index (Phi) is 4.77. The number of nitrogens with zero attached hydrogens (tertiary/aromatic N) is 3. The summed E-state index contributed by atoms with van der Waals surface area (Å²) in [5, 5.41) is 19.0. The first-order chi connectivity index (χ1) is 11.3. The first-order valence-corrected chi connectivity index (χ1v) is 8.30. The number of benzene rings is 1. The monoisotopic (exact) mass is 327 g/mol. The SMILES string of the molecule is CCc1ccccc1NC(=O)C(Cc1cccs1)c1nn[nH]n1. The summed E-state index contributed by atoms with van der Waals surface area (Å²) < 4.78 is 0. The molecule has 1 unspecified atom stereocenters. The maximum Gasteiger partial charge on any atom is 0.235 e. The topological polar surface area (TPSA) is 83.6 Å². The lowest BCUT2D eigenvalue weighted by Crippen LogP contribution is -2.24. The van der Waals surface area contributed by atoms with Gasteiger partial charge in [-0.05, 0) is 29.5 Å². The smallest absolute Gasteiger partial charge is 0.235 e. The van der Waals surface area contributed by atoms with Crippen LogP contribution in [0.3, 0.4) is 0 Å². The molecule has 0 bridgehead atoms. The number of carbonyl (C=O) groups is 1. The Labute approximate surface area is 137 Å². The number of nitrogens with one attached hydrogen (secondary N) is 2. The number of anilines is 1. The van der Waals surface area contributed by atoms with Crippen molar-refractivity contribution in [3.63, 3.8) is 0 Å². The molecule has 3 rings (SSSR count). The molecule has 1 atom stereocenters. The molecule has 0 aliphatic rings. The van der Waals surface area contributed by atoms with Crippen LogP contribution in [-0.4, -0.2) is 26.5 Å². The molecule has 0 aliphatic heterocycles. The molecule has 3 aromatic rings. The molecule has 0 spiro atoms. The third kappa shape index (κ3) is 3.62. The van der Waals surface area contributed by atoms with Crippen LogP contribution in [-0.2, 0) is 17.6 Å². The lowest BCUT2D eigenvalue weighted by atomic mass is 10.0. The first-order valence-electron chi connectivity index (χ1n) is 7.42. The van der Waals surface area contributed by atoms with Crippen molar-refractivity contribution in [1.82, 2.24) is 20.6 Å². The van der Waals surface area contributed by atoms with Crippen molar-refractivity contribution in [1.29, 1.82) is 0 Å². The maximum atomic E-state index is 12.8. The Morgan fingerprint density at radius 2 is 2.17 bits per heavy atom. The second-order valence-electron chi connectivity index (χ2n) is 5.11. The number of aromatic nitrogens is 4. The number of para-hydroxylation sites is 1. The van der Waals surface area contributed by atoms with E-state index in [0.29, 0.717) is 12.2 Å². The number of aryl methyl sites for hydroxylation is 1. The number of hydrogen-bond acceptors (Lipinski definition) is 5. The van der Waals surface area contributed by atoms with Crippen molar-refractivity contribution in [2.75, 3.05) is 5.32 Å². The Bertz CT molecular complexity index is 755. The Balaban J connectivity index is 1.83. The lowest BCUT2D eigenvalue weighted by Gasteiger charge is -2.15. The summed E-state index contributed by atoms with van der Waals surface area (Å²) in [5.74, 6) is -0.192. The molecule has 0 radical (unpaired) electrons. The summed E-state index contributed by atoms with van der Waals surface area (Å²) in [6.45, 7) is 2.06. The van der Waals surface area contributed by atoms with Gasteiger partial charge in [0.2, 0.25) is 5.91 Å². The second kappa shape index (κ2) is 7.15. The Morgan fingerprint density at radius 3 is 2.87 bits per heavy atom. The predicted octanol–water partition coefficient (Wildman–Crippen LogP) is 2.79. The molecule has 1 amide bonds. The van der Waals surface area contributed by atoms with Crippen molar-refractivity contribution in [3.05, 3.63) is 58.0 Å². The van der Waals surface area contributed by atoms with E-state index in [1.165, 1.54) is 0 Å². The molecular formula is C16H17N5OS. The van der Waals surface area contributed by atoms with Crippen LogP contribution in [0.5, 0.6) is 0 Å². The number of carbonyl (C=O) groups excluding carboxylic acids is 1. The van der Waals surface area contributed by atoms with Gasteiger partial charge in [-0.3, -0.25) is 4.79 Å². The molecular weight excluding hydrogens is 310 g/mol. The standard InChI is InChI=1S/C16H17N5OS/c1-2-11-6-3-4-8-14(11)17-16(22)13(15-18-20-21-19-15)10-12-7-5-9-23-12/h3-9,13H,2,10H2,1H3,(H,17,22)(H,18,19,20,21). The predicted molar refractivity (Wildman–Crippen MR) is 89.4 cm³/mol. The normalized spacial score (nSPS) is 12.0. The third-order valence-corrected chi connectivity index (χ3v) is 4.53. The van der Waals surface area contributed by atoms with Crippen LogP contribution in [0.25, 0.3) is 0 Å². The van der Waals surface area contributed by atoms with E-state index in [0.717, 1.165) is 22.5 Å². The van der Waals surface area contributed by atoms with Gasteiger partial charge < -0.3 is 5.32 Å². The van der Waals surface area contributed by atoms with Gasteiger partial charge in [0.1, 0.15) is 5.92 Å². The number of amides is 1. The summed E-state index contributed by atoms with van der Waals surface area (Å²) in [4.78, 5) is 13.9. The fourth-order valence-corrected chi connectivity index (χ4v) is 3.17. The molecule has 2 heterocycles. The molecule has 118 valence electrons. The number of aromatic amines is 1. The highest BCUT2D eigenvalue weighted by atomic mass is 32.1. The third-order valence-electron chi connectivity index (χ3n) is 3.63. The van der Waals surface area contributed by atoms with E-state index in [1.54, 1.807) is 11.3 Å². The van der Waals surface area contributed by atoms with E-state index >= 15 is 0 Å². The second-order valence-corrected chi connectivity index (χ2v) is 6.14. The van der Waals surface area contributed by atoms with Gasteiger partial charge in [0.15, 0.2) is 5.82 Å².